The molecule has 1 atom stereocenters. The quantitative estimate of drug-likeness (QED) is 0.668. The molecule has 2 aromatic rings. The maximum Gasteiger partial charge on any atom is 0.418 e. The van der Waals surface area contributed by atoms with Crippen LogP contribution in [0.3, 0.4) is 0 Å². The Morgan fingerprint density at radius 2 is 1.93 bits per heavy atom. The summed E-state index contributed by atoms with van der Waals surface area (Å²) in [4.78, 5) is 15.8. The van der Waals surface area contributed by atoms with Crippen molar-refractivity contribution >= 4 is 17.3 Å². The summed E-state index contributed by atoms with van der Waals surface area (Å²) in [5, 5.41) is 4.78. The molecular formula is C18H17F5N4O. The van der Waals surface area contributed by atoms with Crippen LogP contribution in [0.5, 0.6) is 0 Å². The normalized spacial score (nSPS) is 16.4. The van der Waals surface area contributed by atoms with E-state index in [0.717, 1.165) is 24.4 Å². The number of hydrogen-bond acceptors (Lipinski definition) is 4. The number of benzene rings is 1. The molecule has 0 radical (unpaired) electrons. The number of anilines is 2. The fourth-order valence-electron chi connectivity index (χ4n) is 2.64. The van der Waals surface area contributed by atoms with E-state index >= 15 is 0 Å². The van der Waals surface area contributed by atoms with Crippen LogP contribution in [0.25, 0.3) is 0 Å². The number of halogens is 5. The number of carbonyl (C=O) groups is 1. The fourth-order valence-corrected chi connectivity index (χ4v) is 2.64. The van der Waals surface area contributed by atoms with Crippen LogP contribution in [-0.4, -0.2) is 16.4 Å². The zero-order chi connectivity index (χ0) is 20.7. The third-order valence-corrected chi connectivity index (χ3v) is 4.46. The number of para-hydroxylation sites is 1. The highest BCUT2D eigenvalue weighted by atomic mass is 19.4. The van der Waals surface area contributed by atoms with Crippen molar-refractivity contribution < 1.29 is 26.7 Å². The van der Waals surface area contributed by atoms with E-state index in [4.69, 9.17) is 5.73 Å². The summed E-state index contributed by atoms with van der Waals surface area (Å²) >= 11 is 0. The molecule has 1 unspecified atom stereocenters. The van der Waals surface area contributed by atoms with Gasteiger partial charge in [0.05, 0.1) is 40.4 Å². The second-order valence-corrected chi connectivity index (χ2v) is 6.73. The van der Waals surface area contributed by atoms with Gasteiger partial charge >= 0.3 is 6.18 Å². The minimum atomic E-state index is -4.80. The van der Waals surface area contributed by atoms with Gasteiger partial charge in [0.1, 0.15) is 11.6 Å². The van der Waals surface area contributed by atoms with Crippen LogP contribution in [0.1, 0.15) is 37.1 Å². The highest BCUT2D eigenvalue weighted by Gasteiger charge is 2.46. The van der Waals surface area contributed by atoms with Crippen LogP contribution in [0.4, 0.5) is 33.3 Å². The van der Waals surface area contributed by atoms with Gasteiger partial charge in [-0.2, -0.15) is 13.2 Å². The van der Waals surface area contributed by atoms with Gasteiger partial charge in [-0.15, -0.1) is 0 Å². The van der Waals surface area contributed by atoms with Crippen molar-refractivity contribution in [3.05, 3.63) is 53.4 Å². The second kappa shape index (κ2) is 7.01. The molecule has 1 aliphatic carbocycles. The SMILES string of the molecule is CC(NC(=O)C1(N)CC1)c1ncc(Nc2c(F)cccc2C(F)(F)F)cc1F. The van der Waals surface area contributed by atoms with Gasteiger partial charge in [0.15, 0.2) is 0 Å². The van der Waals surface area contributed by atoms with Crippen molar-refractivity contribution in [1.29, 1.82) is 0 Å². The molecule has 1 saturated carbocycles. The van der Waals surface area contributed by atoms with Gasteiger partial charge in [-0.05, 0) is 31.9 Å². The smallest absolute Gasteiger partial charge is 0.351 e. The highest BCUT2D eigenvalue weighted by molar-refractivity contribution is 5.89. The van der Waals surface area contributed by atoms with Gasteiger partial charge in [-0.3, -0.25) is 9.78 Å². The maximum atomic E-state index is 14.4. The molecule has 150 valence electrons. The number of rotatable bonds is 5. The van der Waals surface area contributed by atoms with Gasteiger partial charge in [-0.25, -0.2) is 8.78 Å². The molecule has 28 heavy (non-hydrogen) atoms. The minimum absolute atomic E-state index is 0.118. The molecule has 1 aromatic carbocycles. The average Bonchev–Trinajstić information content (AvgIpc) is 3.34. The third-order valence-electron chi connectivity index (χ3n) is 4.46. The Kier molecular flexibility index (Phi) is 5.00. The molecule has 5 nitrogen and oxygen atoms in total. The zero-order valence-electron chi connectivity index (χ0n) is 14.7. The number of carbonyl (C=O) groups excluding carboxylic acids is 1. The molecule has 1 aromatic heterocycles. The Hall–Kier alpha value is -2.75. The standard InChI is InChI=1S/C18H17F5N4O/c1-9(26-16(28)17(24)5-6-17)14-13(20)7-10(8-25-14)27-15-11(18(21,22)23)3-2-4-12(15)19/h2-4,7-9,27H,5-6,24H2,1H3,(H,26,28). The van der Waals surface area contributed by atoms with Gasteiger partial charge in [-0.1, -0.05) is 6.07 Å². The van der Waals surface area contributed by atoms with E-state index in [2.05, 4.69) is 15.6 Å². The third kappa shape index (κ3) is 4.06. The lowest BCUT2D eigenvalue weighted by Gasteiger charge is -2.18. The van der Waals surface area contributed by atoms with E-state index in [1.807, 2.05) is 0 Å². The lowest BCUT2D eigenvalue weighted by atomic mass is 10.1. The number of amides is 1. The summed E-state index contributed by atoms with van der Waals surface area (Å²) in [6.45, 7) is 1.50. The lowest BCUT2D eigenvalue weighted by molar-refractivity contribution is -0.137. The Labute approximate surface area is 157 Å². The predicted molar refractivity (Wildman–Crippen MR) is 91.6 cm³/mol. The Morgan fingerprint density at radius 3 is 2.50 bits per heavy atom. The average molecular weight is 400 g/mol. The zero-order valence-corrected chi connectivity index (χ0v) is 14.7. The van der Waals surface area contributed by atoms with Crippen LogP contribution in [0, 0.1) is 11.6 Å². The first-order valence-corrected chi connectivity index (χ1v) is 8.39. The lowest BCUT2D eigenvalue weighted by Crippen LogP contribution is -2.43. The number of pyridine rings is 1. The predicted octanol–water partition coefficient (Wildman–Crippen LogP) is 3.79. The number of nitrogens with one attached hydrogen (secondary N) is 2. The van der Waals surface area contributed by atoms with Crippen molar-refractivity contribution in [3.63, 3.8) is 0 Å². The van der Waals surface area contributed by atoms with Gasteiger partial charge in [0.2, 0.25) is 5.91 Å². The van der Waals surface area contributed by atoms with Crippen LogP contribution in [0.15, 0.2) is 30.5 Å². The van der Waals surface area contributed by atoms with Gasteiger partial charge in [0.25, 0.3) is 0 Å². The highest BCUT2D eigenvalue weighted by Crippen LogP contribution is 2.37. The van der Waals surface area contributed by atoms with Crippen LogP contribution < -0.4 is 16.4 Å². The maximum absolute atomic E-state index is 14.4. The first-order valence-electron chi connectivity index (χ1n) is 8.39. The van der Waals surface area contributed by atoms with Crippen molar-refractivity contribution in [2.75, 3.05) is 5.32 Å². The van der Waals surface area contributed by atoms with E-state index in [0.29, 0.717) is 18.9 Å². The Bertz CT molecular complexity index is 911. The number of nitrogens with two attached hydrogens (primary N) is 1. The summed E-state index contributed by atoms with van der Waals surface area (Å²) in [5.41, 5.74) is 2.48. The fraction of sp³-hybridized carbons (Fsp3) is 0.333. The molecule has 4 N–H and O–H groups in total. The molecule has 0 aliphatic heterocycles. The van der Waals surface area contributed by atoms with Crippen molar-refractivity contribution in [2.24, 2.45) is 5.73 Å². The molecule has 1 amide bonds. The van der Waals surface area contributed by atoms with Crippen LogP contribution >= 0.6 is 0 Å². The summed E-state index contributed by atoms with van der Waals surface area (Å²) in [7, 11) is 0. The second-order valence-electron chi connectivity index (χ2n) is 6.73. The van der Waals surface area contributed by atoms with Gasteiger partial charge in [0, 0.05) is 6.07 Å². The Balaban J connectivity index is 1.81. The van der Waals surface area contributed by atoms with Gasteiger partial charge < -0.3 is 16.4 Å². The summed E-state index contributed by atoms with van der Waals surface area (Å²) < 4.78 is 67.5. The molecule has 1 aliphatic rings. The van der Waals surface area contributed by atoms with Crippen LogP contribution in [-0.2, 0) is 11.0 Å². The summed E-state index contributed by atoms with van der Waals surface area (Å²) in [5.74, 6) is -2.44. The number of hydrogen-bond donors (Lipinski definition) is 3. The first-order chi connectivity index (χ1) is 13.0. The monoisotopic (exact) mass is 400 g/mol. The van der Waals surface area contributed by atoms with E-state index in [9.17, 15) is 26.7 Å². The molecule has 1 fully saturated rings. The summed E-state index contributed by atoms with van der Waals surface area (Å²) in [6.07, 6.45) is -2.66. The van der Waals surface area contributed by atoms with E-state index in [1.54, 1.807) is 0 Å². The molecule has 10 heteroatoms. The largest absolute Gasteiger partial charge is 0.418 e. The number of nitrogens with zero attached hydrogens (tertiary/aromatic N) is 1. The van der Waals surface area contributed by atoms with E-state index in [1.165, 1.54) is 6.92 Å². The molecule has 0 spiro atoms. The molecule has 0 bridgehead atoms. The van der Waals surface area contributed by atoms with Crippen molar-refractivity contribution in [1.82, 2.24) is 10.3 Å². The first kappa shape index (κ1) is 20.0. The molecule has 0 saturated heterocycles. The Morgan fingerprint density at radius 1 is 1.25 bits per heavy atom. The molecular weight excluding hydrogens is 383 g/mol. The van der Waals surface area contributed by atoms with Crippen molar-refractivity contribution in [2.45, 2.75) is 37.5 Å². The topological polar surface area (TPSA) is 80.0 Å². The minimum Gasteiger partial charge on any atom is -0.351 e. The van der Waals surface area contributed by atoms with Crippen LogP contribution in [0.2, 0.25) is 0 Å². The van der Waals surface area contributed by atoms with E-state index < -0.39 is 46.5 Å². The summed E-state index contributed by atoms with van der Waals surface area (Å²) in [6, 6.07) is 2.57. The molecule has 1 heterocycles. The van der Waals surface area contributed by atoms with Crippen molar-refractivity contribution in [3.8, 4) is 0 Å². The number of aromatic nitrogens is 1. The number of alkyl halides is 3. The molecule has 3 rings (SSSR count). The van der Waals surface area contributed by atoms with E-state index in [-0.39, 0.29) is 11.4 Å².